The van der Waals surface area contributed by atoms with Gasteiger partial charge in [0, 0.05) is 16.8 Å². The lowest BCUT2D eigenvalue weighted by Gasteiger charge is -2.08. The molecule has 3 N–H and O–H groups in total. The Morgan fingerprint density at radius 2 is 1.30 bits per heavy atom. The van der Waals surface area contributed by atoms with E-state index in [2.05, 4.69) is 5.32 Å². The summed E-state index contributed by atoms with van der Waals surface area (Å²) in [4.78, 5) is 35.3. The highest BCUT2D eigenvalue weighted by atomic mass is 16.5. The van der Waals surface area contributed by atoms with Crippen molar-refractivity contribution in [2.24, 2.45) is 5.73 Å². The zero-order chi connectivity index (χ0) is 19.2. The predicted octanol–water partition coefficient (Wildman–Crippen LogP) is 3.26. The molecule has 134 valence electrons. The molecule has 0 saturated carbocycles. The number of carbonyl (C=O) groups is 3. The number of carbonyl (C=O) groups excluding carboxylic acids is 3. The van der Waals surface area contributed by atoms with Crippen LogP contribution in [-0.2, 0) is 0 Å². The van der Waals surface area contributed by atoms with Crippen molar-refractivity contribution in [3.05, 3.63) is 95.6 Å². The minimum absolute atomic E-state index is 0.227. The van der Waals surface area contributed by atoms with Crippen LogP contribution in [0.5, 0.6) is 5.75 Å². The normalized spacial score (nSPS) is 10.1. The number of amides is 2. The van der Waals surface area contributed by atoms with Crippen LogP contribution < -0.4 is 15.8 Å². The lowest BCUT2D eigenvalue weighted by Crippen LogP contribution is -2.13. The molecule has 2 amide bonds. The van der Waals surface area contributed by atoms with Gasteiger partial charge in [-0.2, -0.15) is 0 Å². The highest BCUT2D eigenvalue weighted by Gasteiger charge is 2.10. The van der Waals surface area contributed by atoms with Crippen molar-refractivity contribution in [1.82, 2.24) is 0 Å². The summed E-state index contributed by atoms with van der Waals surface area (Å²) in [7, 11) is 0. The third kappa shape index (κ3) is 4.58. The molecule has 6 heteroatoms. The van der Waals surface area contributed by atoms with Crippen LogP contribution in [0.25, 0.3) is 0 Å². The number of benzene rings is 3. The molecular formula is C21H16N2O4. The fourth-order valence-corrected chi connectivity index (χ4v) is 2.34. The van der Waals surface area contributed by atoms with E-state index in [-0.39, 0.29) is 5.91 Å². The Balaban J connectivity index is 1.62. The maximum absolute atomic E-state index is 12.1. The summed E-state index contributed by atoms with van der Waals surface area (Å²) in [6, 6.07) is 21.1. The van der Waals surface area contributed by atoms with Gasteiger partial charge in [-0.05, 0) is 60.7 Å². The minimum atomic E-state index is -0.567. The molecule has 0 spiro atoms. The molecule has 6 nitrogen and oxygen atoms in total. The second-order valence-electron chi connectivity index (χ2n) is 5.68. The molecule has 0 aromatic heterocycles. The number of anilines is 1. The van der Waals surface area contributed by atoms with Gasteiger partial charge in [0.2, 0.25) is 5.91 Å². The third-order valence-corrected chi connectivity index (χ3v) is 3.76. The Morgan fingerprint density at radius 1 is 0.704 bits per heavy atom. The van der Waals surface area contributed by atoms with Gasteiger partial charge >= 0.3 is 5.97 Å². The van der Waals surface area contributed by atoms with Crippen molar-refractivity contribution in [1.29, 1.82) is 0 Å². The highest BCUT2D eigenvalue weighted by Crippen LogP contribution is 2.18. The van der Waals surface area contributed by atoms with E-state index in [1.54, 1.807) is 48.5 Å². The van der Waals surface area contributed by atoms with Crippen LogP contribution in [0.1, 0.15) is 31.1 Å². The quantitative estimate of drug-likeness (QED) is 0.539. The van der Waals surface area contributed by atoms with Crippen molar-refractivity contribution >= 4 is 23.5 Å². The maximum atomic E-state index is 12.1. The number of nitrogens with one attached hydrogen (secondary N) is 1. The summed E-state index contributed by atoms with van der Waals surface area (Å²) in [6.45, 7) is 0. The van der Waals surface area contributed by atoms with E-state index >= 15 is 0 Å². The van der Waals surface area contributed by atoms with E-state index in [4.69, 9.17) is 10.5 Å². The highest BCUT2D eigenvalue weighted by molar-refractivity contribution is 6.04. The summed E-state index contributed by atoms with van der Waals surface area (Å²) in [5.41, 5.74) is 6.89. The van der Waals surface area contributed by atoms with Crippen LogP contribution in [0.4, 0.5) is 5.69 Å². The van der Waals surface area contributed by atoms with Gasteiger partial charge in [0.05, 0.1) is 5.56 Å². The predicted molar refractivity (Wildman–Crippen MR) is 101 cm³/mol. The summed E-state index contributed by atoms with van der Waals surface area (Å²) in [5, 5.41) is 2.76. The Labute approximate surface area is 155 Å². The van der Waals surface area contributed by atoms with Crippen LogP contribution in [-0.4, -0.2) is 17.8 Å². The first-order valence-electron chi connectivity index (χ1n) is 8.11. The molecule has 0 unspecified atom stereocenters. The molecule has 0 bridgehead atoms. The molecule has 0 fully saturated rings. The number of hydrogen-bond acceptors (Lipinski definition) is 4. The molecule has 27 heavy (non-hydrogen) atoms. The molecule has 0 aliphatic rings. The Hall–Kier alpha value is -3.93. The van der Waals surface area contributed by atoms with Crippen LogP contribution >= 0.6 is 0 Å². The van der Waals surface area contributed by atoms with Gasteiger partial charge in [-0.25, -0.2) is 4.79 Å². The first-order chi connectivity index (χ1) is 13.0. The van der Waals surface area contributed by atoms with Gasteiger partial charge in [-0.1, -0.05) is 18.2 Å². The summed E-state index contributed by atoms with van der Waals surface area (Å²) in [5.74, 6) is -1.03. The molecule has 3 aromatic rings. The van der Waals surface area contributed by atoms with E-state index < -0.39 is 11.9 Å². The molecule has 3 aromatic carbocycles. The molecule has 0 aliphatic heterocycles. The second-order valence-corrected chi connectivity index (χ2v) is 5.68. The summed E-state index contributed by atoms with van der Waals surface area (Å²) in [6.07, 6.45) is 0. The number of hydrogen-bond donors (Lipinski definition) is 2. The van der Waals surface area contributed by atoms with Crippen molar-refractivity contribution in [3.8, 4) is 5.75 Å². The van der Waals surface area contributed by atoms with E-state index in [0.717, 1.165) is 0 Å². The fraction of sp³-hybridized carbons (Fsp3) is 0. The molecule has 0 aliphatic carbocycles. The van der Waals surface area contributed by atoms with Crippen molar-refractivity contribution in [2.45, 2.75) is 0 Å². The van der Waals surface area contributed by atoms with E-state index in [9.17, 15) is 14.4 Å². The van der Waals surface area contributed by atoms with Gasteiger partial charge < -0.3 is 15.8 Å². The van der Waals surface area contributed by atoms with Gasteiger partial charge in [0.25, 0.3) is 5.91 Å². The standard InChI is InChI=1S/C21H16N2O4/c22-19(24)14-6-8-16(9-7-14)21(26)27-18-12-10-17(11-13-18)23-20(25)15-4-2-1-3-5-15/h1-13H,(H2,22,24)(H,23,25). The number of ether oxygens (including phenoxy) is 1. The molecule has 0 radical (unpaired) electrons. The average Bonchev–Trinajstić information content (AvgIpc) is 2.70. The summed E-state index contributed by atoms with van der Waals surface area (Å²) < 4.78 is 5.28. The second kappa shape index (κ2) is 7.97. The number of primary amides is 1. The maximum Gasteiger partial charge on any atom is 0.343 e. The largest absolute Gasteiger partial charge is 0.423 e. The van der Waals surface area contributed by atoms with Crippen LogP contribution in [0.15, 0.2) is 78.9 Å². The van der Waals surface area contributed by atoms with Gasteiger partial charge in [-0.15, -0.1) is 0 Å². The van der Waals surface area contributed by atoms with Crippen LogP contribution in [0.3, 0.4) is 0 Å². The number of esters is 1. The monoisotopic (exact) mass is 360 g/mol. The van der Waals surface area contributed by atoms with Crippen molar-refractivity contribution in [3.63, 3.8) is 0 Å². The third-order valence-electron chi connectivity index (χ3n) is 3.76. The minimum Gasteiger partial charge on any atom is -0.423 e. The zero-order valence-electron chi connectivity index (χ0n) is 14.2. The lowest BCUT2D eigenvalue weighted by atomic mass is 10.1. The molecular weight excluding hydrogens is 344 g/mol. The van der Waals surface area contributed by atoms with Gasteiger partial charge in [-0.3, -0.25) is 9.59 Å². The van der Waals surface area contributed by atoms with Crippen LogP contribution in [0.2, 0.25) is 0 Å². The number of nitrogens with two attached hydrogens (primary N) is 1. The smallest absolute Gasteiger partial charge is 0.343 e. The van der Waals surface area contributed by atoms with Gasteiger partial charge in [0.1, 0.15) is 5.75 Å². The van der Waals surface area contributed by atoms with E-state index in [0.29, 0.717) is 28.1 Å². The Bertz CT molecular complexity index is 965. The molecule has 3 rings (SSSR count). The summed E-state index contributed by atoms with van der Waals surface area (Å²) >= 11 is 0. The Kier molecular flexibility index (Phi) is 5.28. The van der Waals surface area contributed by atoms with Crippen molar-refractivity contribution in [2.75, 3.05) is 5.32 Å². The van der Waals surface area contributed by atoms with E-state index in [1.165, 1.54) is 24.3 Å². The molecule has 0 saturated heterocycles. The fourth-order valence-electron chi connectivity index (χ4n) is 2.34. The molecule has 0 heterocycles. The SMILES string of the molecule is NC(=O)c1ccc(C(=O)Oc2ccc(NC(=O)c3ccccc3)cc2)cc1. The molecule has 0 atom stereocenters. The first kappa shape index (κ1) is 17.9. The Morgan fingerprint density at radius 3 is 1.89 bits per heavy atom. The van der Waals surface area contributed by atoms with E-state index in [1.807, 2.05) is 6.07 Å². The zero-order valence-corrected chi connectivity index (χ0v) is 14.2. The topological polar surface area (TPSA) is 98.5 Å². The lowest BCUT2D eigenvalue weighted by molar-refractivity contribution is 0.0734. The number of rotatable bonds is 5. The first-order valence-corrected chi connectivity index (χ1v) is 8.11. The average molecular weight is 360 g/mol. The van der Waals surface area contributed by atoms with Gasteiger partial charge in [0.15, 0.2) is 0 Å². The van der Waals surface area contributed by atoms with Crippen LogP contribution in [0, 0.1) is 0 Å². The van der Waals surface area contributed by atoms with Crippen molar-refractivity contribution < 1.29 is 19.1 Å².